The first-order chi connectivity index (χ1) is 11.2. The monoisotopic (exact) mass is 320 g/mol. The zero-order valence-corrected chi connectivity index (χ0v) is 14.5. The number of carboxylic acid groups (broad SMARTS) is 1. The van der Waals surface area contributed by atoms with Gasteiger partial charge in [0.05, 0.1) is 12.2 Å². The lowest BCUT2D eigenvalue weighted by atomic mass is 10.1. The lowest BCUT2D eigenvalue weighted by molar-refractivity contribution is -0.137. The highest BCUT2D eigenvalue weighted by Gasteiger charge is 2.36. The Bertz CT molecular complexity index is 396. The van der Waals surface area contributed by atoms with Crippen molar-refractivity contribution in [3.63, 3.8) is 0 Å². The molecule has 1 N–H and O–H groups in total. The minimum atomic E-state index is -0.714. The van der Waals surface area contributed by atoms with Crippen molar-refractivity contribution in [1.82, 2.24) is 0 Å². The van der Waals surface area contributed by atoms with Crippen molar-refractivity contribution < 1.29 is 14.6 Å². The van der Waals surface area contributed by atoms with Crippen LogP contribution in [0.1, 0.15) is 71.1 Å². The second kappa shape index (κ2) is 13.1. The van der Waals surface area contributed by atoms with Crippen LogP contribution in [0.3, 0.4) is 0 Å². The van der Waals surface area contributed by atoms with Crippen LogP contribution < -0.4 is 0 Å². The first-order valence-electron chi connectivity index (χ1n) is 9.06. The van der Waals surface area contributed by atoms with Gasteiger partial charge in [-0.05, 0) is 38.5 Å². The molecular weight excluding hydrogens is 288 g/mol. The Balaban J connectivity index is 1.90. The maximum absolute atomic E-state index is 10.3. The maximum Gasteiger partial charge on any atom is 0.303 e. The summed E-state index contributed by atoms with van der Waals surface area (Å²) in [6, 6.07) is 0. The van der Waals surface area contributed by atoms with Gasteiger partial charge in [0.25, 0.3) is 0 Å². The molecule has 0 bridgehead atoms. The molecule has 1 aliphatic heterocycles. The number of hydrogen-bond donors (Lipinski definition) is 1. The first-order valence-corrected chi connectivity index (χ1v) is 9.06. The van der Waals surface area contributed by atoms with Crippen molar-refractivity contribution in [3.8, 4) is 0 Å². The molecule has 0 saturated carbocycles. The molecule has 1 rings (SSSR count). The van der Waals surface area contributed by atoms with E-state index in [2.05, 4.69) is 43.4 Å². The van der Waals surface area contributed by atoms with E-state index in [0.717, 1.165) is 32.1 Å². The van der Waals surface area contributed by atoms with E-state index >= 15 is 0 Å². The highest BCUT2D eigenvalue weighted by atomic mass is 16.6. The number of hydrogen-bond acceptors (Lipinski definition) is 2. The predicted octanol–water partition coefficient (Wildman–Crippen LogP) is 5.43. The number of aliphatic carboxylic acids is 1. The summed E-state index contributed by atoms with van der Waals surface area (Å²) in [5, 5.41) is 8.51. The summed E-state index contributed by atoms with van der Waals surface area (Å²) in [6.45, 7) is 2.23. The minimum absolute atomic E-state index is 0.259. The quantitative estimate of drug-likeness (QED) is 0.264. The molecule has 0 aromatic carbocycles. The van der Waals surface area contributed by atoms with Crippen molar-refractivity contribution in [2.75, 3.05) is 0 Å². The van der Waals surface area contributed by atoms with E-state index in [1.165, 1.54) is 25.7 Å². The number of epoxide rings is 1. The van der Waals surface area contributed by atoms with Crippen LogP contribution in [0.2, 0.25) is 0 Å². The normalized spacial score (nSPS) is 20.9. The van der Waals surface area contributed by atoms with Crippen LogP contribution in [-0.2, 0) is 9.53 Å². The number of unbranched alkanes of at least 4 members (excludes halogenated alkanes) is 3. The average Bonchev–Trinajstić information content (AvgIpc) is 3.27. The molecule has 1 heterocycles. The Labute approximate surface area is 141 Å². The Hall–Kier alpha value is -1.35. The van der Waals surface area contributed by atoms with E-state index in [4.69, 9.17) is 9.84 Å². The molecule has 3 heteroatoms. The number of carbonyl (C=O) groups is 1. The van der Waals surface area contributed by atoms with Gasteiger partial charge in [-0.3, -0.25) is 4.79 Å². The van der Waals surface area contributed by atoms with Gasteiger partial charge in [-0.25, -0.2) is 0 Å². The molecule has 130 valence electrons. The van der Waals surface area contributed by atoms with Crippen molar-refractivity contribution in [3.05, 3.63) is 36.5 Å². The Morgan fingerprint density at radius 1 is 0.957 bits per heavy atom. The Morgan fingerprint density at radius 2 is 1.65 bits per heavy atom. The number of carboxylic acids is 1. The summed E-state index contributed by atoms with van der Waals surface area (Å²) in [5.74, 6) is -0.714. The van der Waals surface area contributed by atoms with E-state index in [1.54, 1.807) is 0 Å². The van der Waals surface area contributed by atoms with Gasteiger partial charge in [0, 0.05) is 6.42 Å². The Kier molecular flexibility index (Phi) is 11.2. The molecule has 23 heavy (non-hydrogen) atoms. The van der Waals surface area contributed by atoms with Gasteiger partial charge in [0.15, 0.2) is 0 Å². The average molecular weight is 320 g/mol. The lowest BCUT2D eigenvalue weighted by Gasteiger charge is -1.93. The highest BCUT2D eigenvalue weighted by molar-refractivity contribution is 5.66. The first kappa shape index (κ1) is 19.7. The smallest absolute Gasteiger partial charge is 0.303 e. The standard InChI is InChI=1S/C20H32O3/c1-2-3-12-15-18-19(23-18)16-13-10-8-6-4-5-7-9-11-14-17-20(21)22/h4,6-7,9-10,13,18-19H,2-3,5,8,11-12,14-17H2,1H3,(H,21,22)/b6-4+,9-7-,13-10-. The van der Waals surface area contributed by atoms with Crippen molar-refractivity contribution in [1.29, 1.82) is 0 Å². The largest absolute Gasteiger partial charge is 0.481 e. The van der Waals surface area contributed by atoms with E-state index in [1.807, 2.05) is 0 Å². The van der Waals surface area contributed by atoms with Crippen LogP contribution in [0, 0.1) is 0 Å². The fourth-order valence-corrected chi connectivity index (χ4v) is 2.50. The second-order valence-corrected chi connectivity index (χ2v) is 6.12. The highest BCUT2D eigenvalue weighted by Crippen LogP contribution is 2.30. The molecule has 1 fully saturated rings. The van der Waals surface area contributed by atoms with Crippen LogP contribution in [-0.4, -0.2) is 23.3 Å². The molecule has 2 unspecified atom stereocenters. The number of ether oxygens (including phenoxy) is 1. The van der Waals surface area contributed by atoms with Crippen LogP contribution in [0.4, 0.5) is 0 Å². The number of rotatable bonds is 14. The van der Waals surface area contributed by atoms with Gasteiger partial charge in [0.1, 0.15) is 0 Å². The molecule has 0 aliphatic carbocycles. The molecule has 1 saturated heterocycles. The summed E-state index contributed by atoms with van der Waals surface area (Å²) in [7, 11) is 0. The van der Waals surface area contributed by atoms with Crippen LogP contribution >= 0.6 is 0 Å². The SMILES string of the molecule is CCCCCC1OC1C/C=C\C/C=C/C/C=C\CCCC(=O)O. The molecule has 0 aromatic rings. The third-order valence-electron chi connectivity index (χ3n) is 3.95. The van der Waals surface area contributed by atoms with Gasteiger partial charge in [0.2, 0.25) is 0 Å². The predicted molar refractivity (Wildman–Crippen MR) is 95.6 cm³/mol. The van der Waals surface area contributed by atoms with Crippen LogP contribution in [0.5, 0.6) is 0 Å². The molecule has 1 aliphatic rings. The van der Waals surface area contributed by atoms with E-state index in [9.17, 15) is 4.79 Å². The van der Waals surface area contributed by atoms with Gasteiger partial charge in [-0.15, -0.1) is 0 Å². The summed E-state index contributed by atoms with van der Waals surface area (Å²) >= 11 is 0. The lowest BCUT2D eigenvalue weighted by Crippen LogP contribution is -1.92. The topological polar surface area (TPSA) is 49.8 Å². The van der Waals surface area contributed by atoms with Gasteiger partial charge in [-0.2, -0.15) is 0 Å². The van der Waals surface area contributed by atoms with Gasteiger partial charge in [-0.1, -0.05) is 62.6 Å². The number of allylic oxidation sites excluding steroid dienone is 5. The zero-order chi connectivity index (χ0) is 16.8. The molecule has 0 radical (unpaired) electrons. The second-order valence-electron chi connectivity index (χ2n) is 6.12. The van der Waals surface area contributed by atoms with Crippen molar-refractivity contribution >= 4 is 5.97 Å². The fraction of sp³-hybridized carbons (Fsp3) is 0.650. The van der Waals surface area contributed by atoms with E-state index in [-0.39, 0.29) is 6.42 Å². The molecule has 3 nitrogen and oxygen atoms in total. The molecular formula is C20H32O3. The van der Waals surface area contributed by atoms with Crippen LogP contribution in [0.25, 0.3) is 0 Å². The molecule has 0 spiro atoms. The summed E-state index contributed by atoms with van der Waals surface area (Å²) < 4.78 is 5.66. The minimum Gasteiger partial charge on any atom is -0.481 e. The molecule has 0 amide bonds. The van der Waals surface area contributed by atoms with Gasteiger partial charge >= 0.3 is 5.97 Å². The van der Waals surface area contributed by atoms with E-state index < -0.39 is 5.97 Å². The third kappa shape index (κ3) is 11.8. The molecule has 2 atom stereocenters. The fourth-order valence-electron chi connectivity index (χ4n) is 2.50. The summed E-state index contributed by atoms with van der Waals surface area (Å²) in [4.78, 5) is 10.3. The summed E-state index contributed by atoms with van der Waals surface area (Å²) in [5.41, 5.74) is 0. The van der Waals surface area contributed by atoms with Crippen molar-refractivity contribution in [2.24, 2.45) is 0 Å². The van der Waals surface area contributed by atoms with Crippen LogP contribution in [0.15, 0.2) is 36.5 Å². The summed E-state index contributed by atoms with van der Waals surface area (Å²) in [6.07, 6.45) is 23.8. The zero-order valence-electron chi connectivity index (χ0n) is 14.5. The molecule has 0 aromatic heterocycles. The Morgan fingerprint density at radius 3 is 2.35 bits per heavy atom. The third-order valence-corrected chi connectivity index (χ3v) is 3.95. The van der Waals surface area contributed by atoms with Crippen molar-refractivity contribution in [2.45, 2.75) is 83.3 Å². The maximum atomic E-state index is 10.3. The van der Waals surface area contributed by atoms with E-state index in [0.29, 0.717) is 12.2 Å². The van der Waals surface area contributed by atoms with Gasteiger partial charge < -0.3 is 9.84 Å².